The van der Waals surface area contributed by atoms with E-state index in [0.29, 0.717) is 15.3 Å². The number of hydrogen-bond donors (Lipinski definition) is 1. The first-order valence-corrected chi connectivity index (χ1v) is 11.2. The third-order valence-electron chi connectivity index (χ3n) is 4.97. The normalized spacial score (nSPS) is 11.3. The van der Waals surface area contributed by atoms with Crippen molar-refractivity contribution in [3.8, 4) is 17.1 Å². The zero-order chi connectivity index (χ0) is 23.8. The molecule has 9 nitrogen and oxygen atoms in total. The van der Waals surface area contributed by atoms with Crippen LogP contribution in [0.4, 0.5) is 14.9 Å². The summed E-state index contributed by atoms with van der Waals surface area (Å²) in [6.07, 6.45) is 0.913. The van der Waals surface area contributed by atoms with Gasteiger partial charge in [0.1, 0.15) is 22.9 Å². The smallest absolute Gasteiger partial charge is 0.337 e. The van der Waals surface area contributed by atoms with Gasteiger partial charge in [0.25, 0.3) is 5.91 Å². The number of nitrogens with one attached hydrogen (secondary N) is 1. The van der Waals surface area contributed by atoms with E-state index in [0.717, 1.165) is 18.2 Å². The van der Waals surface area contributed by atoms with Crippen LogP contribution in [0.1, 0.15) is 10.4 Å². The van der Waals surface area contributed by atoms with Gasteiger partial charge in [0.2, 0.25) is 10.0 Å². The molecule has 0 saturated carbocycles. The Labute approximate surface area is 184 Å². The largest absolute Gasteiger partial charge is 0.495 e. The predicted octanol–water partition coefficient (Wildman–Crippen LogP) is 3.05. The Kier molecular flexibility index (Phi) is 6.13. The molecule has 0 fully saturated rings. The number of rotatable bonds is 5. The van der Waals surface area contributed by atoms with Crippen LogP contribution in [0.3, 0.4) is 0 Å². The zero-order valence-electron chi connectivity index (χ0n) is 18.1. The summed E-state index contributed by atoms with van der Waals surface area (Å²) in [6, 6.07) is 7.63. The van der Waals surface area contributed by atoms with Crippen molar-refractivity contribution in [3.05, 3.63) is 47.8 Å². The Morgan fingerprint density at radius 1 is 1.12 bits per heavy atom. The average Bonchev–Trinajstić information content (AvgIpc) is 3.14. The number of carbonyl (C=O) groups excluding carboxylic acids is 2. The van der Waals surface area contributed by atoms with Crippen LogP contribution in [0.5, 0.6) is 5.75 Å². The molecule has 0 atom stereocenters. The Morgan fingerprint density at radius 2 is 1.75 bits per heavy atom. The molecule has 0 aliphatic rings. The second-order valence-corrected chi connectivity index (χ2v) is 9.00. The molecule has 11 heteroatoms. The van der Waals surface area contributed by atoms with Crippen LogP contribution in [0.2, 0.25) is 0 Å². The van der Waals surface area contributed by atoms with Gasteiger partial charge in [-0.05, 0) is 30.3 Å². The van der Waals surface area contributed by atoms with Gasteiger partial charge >= 0.3 is 6.03 Å². The van der Waals surface area contributed by atoms with Crippen molar-refractivity contribution in [3.63, 3.8) is 0 Å². The number of fused-ring (bicyclic) bond motifs is 1. The lowest BCUT2D eigenvalue weighted by molar-refractivity contribution is 0.0964. The van der Waals surface area contributed by atoms with Crippen LogP contribution < -0.4 is 15.0 Å². The summed E-state index contributed by atoms with van der Waals surface area (Å²) < 4.78 is 48.9. The molecule has 170 valence electrons. The van der Waals surface area contributed by atoms with Gasteiger partial charge in [-0.15, -0.1) is 0 Å². The molecule has 0 spiro atoms. The van der Waals surface area contributed by atoms with Gasteiger partial charge in [0.05, 0.1) is 24.6 Å². The van der Waals surface area contributed by atoms with Crippen LogP contribution in [-0.2, 0) is 10.0 Å². The number of halogens is 1. The number of urea groups is 1. The van der Waals surface area contributed by atoms with Gasteiger partial charge in [-0.3, -0.25) is 9.69 Å². The standard InChI is InChI=1S/C21H22FN3O6S/c1-23-20(26)18-14-10-17(30-4)15(24(2)21(27)25(3)32(5,28)29)11-16(14)31-19(18)12-6-8-13(22)9-7-12/h6-11H,1-5H3,(H,23,26). The zero-order valence-corrected chi connectivity index (χ0v) is 18.9. The van der Waals surface area contributed by atoms with E-state index in [1.807, 2.05) is 0 Å². The maximum absolute atomic E-state index is 13.4. The Morgan fingerprint density at radius 3 is 2.28 bits per heavy atom. The minimum absolute atomic E-state index is 0.209. The molecule has 0 aliphatic heterocycles. The van der Waals surface area contributed by atoms with E-state index in [9.17, 15) is 22.4 Å². The molecule has 1 N–H and O–H groups in total. The summed E-state index contributed by atoms with van der Waals surface area (Å²) in [5, 5.41) is 2.96. The number of carbonyl (C=O) groups is 2. The number of ether oxygens (including phenoxy) is 1. The Balaban J connectivity index is 2.23. The van der Waals surface area contributed by atoms with Crippen molar-refractivity contribution < 1.29 is 31.6 Å². The van der Waals surface area contributed by atoms with Crippen LogP contribution in [0.15, 0.2) is 40.8 Å². The van der Waals surface area contributed by atoms with Crippen molar-refractivity contribution in [2.24, 2.45) is 0 Å². The molecule has 3 aromatic rings. The van der Waals surface area contributed by atoms with Gasteiger partial charge in [-0.25, -0.2) is 21.9 Å². The van der Waals surface area contributed by atoms with Gasteiger partial charge in [-0.1, -0.05) is 0 Å². The Bertz CT molecular complexity index is 1300. The fourth-order valence-corrected chi connectivity index (χ4v) is 3.56. The summed E-state index contributed by atoms with van der Waals surface area (Å²) in [7, 11) is 1.59. The summed E-state index contributed by atoms with van der Waals surface area (Å²) in [4.78, 5) is 26.4. The first-order valence-electron chi connectivity index (χ1n) is 9.33. The molecule has 0 aliphatic carbocycles. The summed E-state index contributed by atoms with van der Waals surface area (Å²) in [6.45, 7) is 0. The Hall–Kier alpha value is -3.60. The molecular formula is C21H22FN3O6S. The number of furan rings is 1. The molecule has 1 aromatic heterocycles. The van der Waals surface area contributed by atoms with Crippen LogP contribution in [0, 0.1) is 5.82 Å². The molecule has 2 aromatic carbocycles. The van der Waals surface area contributed by atoms with Crippen molar-refractivity contribution >= 4 is 38.6 Å². The highest BCUT2D eigenvalue weighted by Gasteiger charge is 2.28. The third kappa shape index (κ3) is 4.11. The molecular weight excluding hydrogens is 441 g/mol. The van der Waals surface area contributed by atoms with Crippen molar-refractivity contribution in [1.29, 1.82) is 0 Å². The molecule has 0 saturated heterocycles. The average molecular weight is 463 g/mol. The van der Waals surface area contributed by atoms with Crippen LogP contribution in [0.25, 0.3) is 22.3 Å². The number of methoxy groups -OCH3 is 1. The van der Waals surface area contributed by atoms with Gasteiger partial charge in [0.15, 0.2) is 0 Å². The lowest BCUT2D eigenvalue weighted by atomic mass is 10.0. The lowest BCUT2D eigenvalue weighted by Gasteiger charge is -2.24. The molecule has 3 amide bonds. The highest BCUT2D eigenvalue weighted by atomic mass is 32.2. The number of benzene rings is 2. The summed E-state index contributed by atoms with van der Waals surface area (Å²) >= 11 is 0. The summed E-state index contributed by atoms with van der Waals surface area (Å²) in [5.74, 6) is -0.447. The van der Waals surface area contributed by atoms with Crippen LogP contribution >= 0.6 is 0 Å². The number of nitrogens with zero attached hydrogens (tertiary/aromatic N) is 2. The summed E-state index contributed by atoms with van der Waals surface area (Å²) in [5.41, 5.74) is 1.16. The molecule has 0 unspecified atom stereocenters. The van der Waals surface area contributed by atoms with E-state index in [2.05, 4.69) is 5.32 Å². The fraction of sp³-hybridized carbons (Fsp3) is 0.238. The first-order chi connectivity index (χ1) is 15.0. The molecule has 0 radical (unpaired) electrons. The van der Waals surface area contributed by atoms with Gasteiger partial charge in [-0.2, -0.15) is 0 Å². The number of anilines is 1. The molecule has 32 heavy (non-hydrogen) atoms. The minimum atomic E-state index is -3.78. The van der Waals surface area contributed by atoms with E-state index in [-0.39, 0.29) is 28.3 Å². The number of sulfonamides is 1. The SMILES string of the molecule is CNC(=O)c1c(-c2ccc(F)cc2)oc2cc(N(C)C(=O)N(C)S(C)(=O)=O)c(OC)cc12. The third-order valence-corrected chi connectivity index (χ3v) is 6.12. The van der Waals surface area contributed by atoms with E-state index in [1.54, 1.807) is 0 Å². The van der Waals surface area contributed by atoms with E-state index in [4.69, 9.17) is 9.15 Å². The van der Waals surface area contributed by atoms with Crippen molar-refractivity contribution in [1.82, 2.24) is 9.62 Å². The maximum Gasteiger partial charge on any atom is 0.337 e. The quantitative estimate of drug-likeness (QED) is 0.623. The van der Waals surface area contributed by atoms with E-state index >= 15 is 0 Å². The highest BCUT2D eigenvalue weighted by Crippen LogP contribution is 2.40. The van der Waals surface area contributed by atoms with Gasteiger partial charge < -0.3 is 14.5 Å². The number of amides is 3. The maximum atomic E-state index is 13.4. The fourth-order valence-electron chi connectivity index (χ4n) is 3.15. The molecule has 0 bridgehead atoms. The van der Waals surface area contributed by atoms with Crippen molar-refractivity contribution in [2.45, 2.75) is 0 Å². The number of hydrogen-bond acceptors (Lipinski definition) is 6. The van der Waals surface area contributed by atoms with Crippen LogP contribution in [-0.4, -0.2) is 59.2 Å². The second-order valence-electron chi connectivity index (χ2n) is 6.98. The van der Waals surface area contributed by atoms with Gasteiger partial charge in [0, 0.05) is 38.2 Å². The minimum Gasteiger partial charge on any atom is -0.495 e. The lowest BCUT2D eigenvalue weighted by Crippen LogP contribution is -2.41. The molecule has 3 rings (SSSR count). The van der Waals surface area contributed by atoms with Crippen molar-refractivity contribution in [2.75, 3.05) is 39.4 Å². The van der Waals surface area contributed by atoms with E-state index < -0.39 is 27.8 Å². The predicted molar refractivity (Wildman–Crippen MR) is 118 cm³/mol. The molecule has 1 heterocycles. The second kappa shape index (κ2) is 8.50. The monoisotopic (exact) mass is 463 g/mol. The topological polar surface area (TPSA) is 109 Å². The van der Waals surface area contributed by atoms with E-state index in [1.165, 1.54) is 57.6 Å². The first kappa shape index (κ1) is 23.1. The highest BCUT2D eigenvalue weighted by molar-refractivity contribution is 7.88.